The Morgan fingerprint density at radius 3 is 2.47 bits per heavy atom. The van der Waals surface area contributed by atoms with Crippen molar-refractivity contribution in [2.75, 3.05) is 29.5 Å². The van der Waals surface area contributed by atoms with Crippen LogP contribution in [0.1, 0.15) is 52.5 Å². The van der Waals surface area contributed by atoms with Crippen LogP contribution in [0.4, 0.5) is 11.8 Å². The van der Waals surface area contributed by atoms with Gasteiger partial charge in [-0.1, -0.05) is 43.7 Å². The van der Waals surface area contributed by atoms with Crippen molar-refractivity contribution in [3.05, 3.63) is 53.7 Å². The minimum Gasteiger partial charge on any atom is -0.371 e. The summed E-state index contributed by atoms with van der Waals surface area (Å²) in [6.07, 6.45) is 3.82. The largest absolute Gasteiger partial charge is 0.371 e. The third-order valence-corrected chi connectivity index (χ3v) is 6.15. The summed E-state index contributed by atoms with van der Waals surface area (Å²) in [5, 5.41) is 0.198. The van der Waals surface area contributed by atoms with Gasteiger partial charge in [0.05, 0.1) is 0 Å². The van der Waals surface area contributed by atoms with E-state index in [0.717, 1.165) is 43.9 Å². The molecule has 8 nitrogen and oxygen atoms in total. The number of hydrogen-bond acceptors (Lipinski definition) is 8. The number of ether oxygens (including phenoxy) is 1. The average Bonchev–Trinajstić information content (AvgIpc) is 2.84. The Morgan fingerprint density at radius 2 is 1.76 bits per heavy atom. The topological polar surface area (TPSA) is 80.2 Å². The Kier molecular flexibility index (Phi) is 7.90. The number of halogens is 1. The van der Waals surface area contributed by atoms with Gasteiger partial charge in [-0.3, -0.25) is 0 Å². The van der Waals surface area contributed by atoms with E-state index in [1.54, 1.807) is 0 Å². The van der Waals surface area contributed by atoms with Crippen LogP contribution in [-0.4, -0.2) is 56.7 Å². The fourth-order valence-electron chi connectivity index (χ4n) is 4.32. The molecule has 0 aliphatic carbocycles. The monoisotopic (exact) mass is 481 g/mol. The smallest absolute Gasteiger partial charge is 0.230 e. The number of hydrogen-bond donors (Lipinski definition) is 0. The van der Waals surface area contributed by atoms with Crippen LogP contribution < -0.4 is 9.80 Å². The van der Waals surface area contributed by atoms with Crippen molar-refractivity contribution >= 4 is 23.4 Å². The van der Waals surface area contributed by atoms with Gasteiger partial charge in [0.2, 0.25) is 11.2 Å². The molecular weight excluding hydrogens is 450 g/mol. The Labute approximate surface area is 206 Å². The molecule has 0 bridgehead atoms. The SMILES string of the molecule is CCCCO[C@H](C)c1nccc(N2[C@H](C)CN(c3nc(Cl)nc(-c4ccccc4)n3)C[C@@H]2C)n1. The molecule has 0 unspecified atom stereocenters. The summed E-state index contributed by atoms with van der Waals surface area (Å²) in [7, 11) is 0. The van der Waals surface area contributed by atoms with Crippen molar-refractivity contribution in [2.24, 2.45) is 0 Å². The molecule has 0 N–H and O–H groups in total. The van der Waals surface area contributed by atoms with Gasteiger partial charge in [-0.2, -0.15) is 15.0 Å². The lowest BCUT2D eigenvalue weighted by Crippen LogP contribution is -2.57. The molecule has 1 aromatic carbocycles. The maximum atomic E-state index is 6.28. The van der Waals surface area contributed by atoms with Gasteiger partial charge in [-0.05, 0) is 44.9 Å². The molecule has 2 aromatic heterocycles. The first-order valence-corrected chi connectivity index (χ1v) is 12.3. The number of nitrogens with zero attached hydrogens (tertiary/aromatic N) is 7. The lowest BCUT2D eigenvalue weighted by molar-refractivity contribution is 0.0578. The number of anilines is 2. The standard InChI is InChI=1S/C25H32ClN7O/c1-5-6-14-34-19(4)22-27-13-12-21(28-22)33-17(2)15-32(16-18(33)3)25-30-23(29-24(26)31-25)20-10-8-7-9-11-20/h7-13,17-19H,5-6,14-16H2,1-4H3/t17-,18+,19-/m1/s1. The lowest BCUT2D eigenvalue weighted by Gasteiger charge is -2.45. The van der Waals surface area contributed by atoms with E-state index in [9.17, 15) is 0 Å². The summed E-state index contributed by atoms with van der Waals surface area (Å²) in [5.41, 5.74) is 0.913. The number of aromatic nitrogens is 5. The Hall–Kier alpha value is -2.84. The number of piperazine rings is 1. The van der Waals surface area contributed by atoms with Crippen LogP contribution in [0.25, 0.3) is 11.4 Å². The van der Waals surface area contributed by atoms with Gasteiger partial charge in [-0.25, -0.2) is 9.97 Å². The van der Waals surface area contributed by atoms with Crippen molar-refractivity contribution in [2.45, 2.75) is 58.7 Å². The molecule has 1 saturated heterocycles. The van der Waals surface area contributed by atoms with Crippen LogP contribution in [0.15, 0.2) is 42.6 Å². The summed E-state index contributed by atoms with van der Waals surface area (Å²) >= 11 is 6.28. The molecule has 0 amide bonds. The van der Waals surface area contributed by atoms with E-state index in [4.69, 9.17) is 26.3 Å². The predicted molar refractivity (Wildman–Crippen MR) is 135 cm³/mol. The Bertz CT molecular complexity index is 1070. The molecule has 0 radical (unpaired) electrons. The summed E-state index contributed by atoms with van der Waals surface area (Å²) < 4.78 is 5.91. The number of benzene rings is 1. The highest BCUT2D eigenvalue weighted by molar-refractivity contribution is 6.28. The Morgan fingerprint density at radius 1 is 1.03 bits per heavy atom. The molecule has 1 aliphatic rings. The van der Waals surface area contributed by atoms with E-state index >= 15 is 0 Å². The minimum absolute atomic E-state index is 0.137. The fourth-order valence-corrected chi connectivity index (χ4v) is 4.47. The zero-order valence-electron chi connectivity index (χ0n) is 20.2. The molecule has 3 aromatic rings. The van der Waals surface area contributed by atoms with Gasteiger partial charge in [-0.15, -0.1) is 0 Å². The second-order valence-electron chi connectivity index (χ2n) is 8.74. The second-order valence-corrected chi connectivity index (χ2v) is 9.08. The van der Waals surface area contributed by atoms with Crippen molar-refractivity contribution in [1.82, 2.24) is 24.9 Å². The highest BCUT2D eigenvalue weighted by Crippen LogP contribution is 2.27. The first-order valence-electron chi connectivity index (χ1n) is 11.9. The summed E-state index contributed by atoms with van der Waals surface area (Å²) in [6, 6.07) is 12.2. The summed E-state index contributed by atoms with van der Waals surface area (Å²) in [6.45, 7) is 10.7. The maximum Gasteiger partial charge on any atom is 0.230 e. The summed E-state index contributed by atoms with van der Waals surface area (Å²) in [4.78, 5) is 27.3. The molecular formula is C25H32ClN7O. The van der Waals surface area contributed by atoms with E-state index < -0.39 is 0 Å². The second kappa shape index (κ2) is 11.1. The van der Waals surface area contributed by atoms with Gasteiger partial charge in [0, 0.05) is 43.5 Å². The summed E-state index contributed by atoms with van der Waals surface area (Å²) in [5.74, 6) is 2.80. The highest BCUT2D eigenvalue weighted by Gasteiger charge is 2.32. The molecule has 0 saturated carbocycles. The van der Waals surface area contributed by atoms with Crippen LogP contribution in [0, 0.1) is 0 Å². The van der Waals surface area contributed by atoms with E-state index in [0.29, 0.717) is 17.6 Å². The van der Waals surface area contributed by atoms with E-state index in [2.05, 4.69) is 45.5 Å². The van der Waals surface area contributed by atoms with E-state index in [1.165, 1.54) is 0 Å². The average molecular weight is 482 g/mol. The first kappa shape index (κ1) is 24.3. The molecule has 1 aliphatic heterocycles. The molecule has 4 rings (SSSR count). The van der Waals surface area contributed by atoms with Crippen molar-refractivity contribution < 1.29 is 4.74 Å². The van der Waals surface area contributed by atoms with Crippen LogP contribution in [0.5, 0.6) is 0 Å². The molecule has 3 heterocycles. The van der Waals surface area contributed by atoms with Crippen molar-refractivity contribution in [1.29, 1.82) is 0 Å². The normalized spacial score (nSPS) is 19.3. The fraction of sp³-hybridized carbons (Fsp3) is 0.480. The number of rotatable bonds is 8. The molecule has 1 fully saturated rings. The maximum absolute atomic E-state index is 6.28. The van der Waals surface area contributed by atoms with Gasteiger partial charge in [0.15, 0.2) is 11.6 Å². The predicted octanol–water partition coefficient (Wildman–Crippen LogP) is 4.96. The quantitative estimate of drug-likeness (QED) is 0.417. The Balaban J connectivity index is 1.51. The van der Waals surface area contributed by atoms with Crippen molar-refractivity contribution in [3.8, 4) is 11.4 Å². The third kappa shape index (κ3) is 5.62. The van der Waals surface area contributed by atoms with Gasteiger partial charge >= 0.3 is 0 Å². The highest BCUT2D eigenvalue weighted by atomic mass is 35.5. The molecule has 3 atom stereocenters. The van der Waals surface area contributed by atoms with Crippen LogP contribution >= 0.6 is 11.6 Å². The lowest BCUT2D eigenvalue weighted by atomic mass is 10.1. The van der Waals surface area contributed by atoms with Gasteiger partial charge < -0.3 is 14.5 Å². The number of unbranched alkanes of at least 4 members (excludes halogenated alkanes) is 1. The van der Waals surface area contributed by atoms with Crippen LogP contribution in [-0.2, 0) is 4.74 Å². The molecule has 180 valence electrons. The van der Waals surface area contributed by atoms with E-state index in [1.807, 2.05) is 49.5 Å². The van der Waals surface area contributed by atoms with Crippen LogP contribution in [0.3, 0.4) is 0 Å². The third-order valence-electron chi connectivity index (χ3n) is 5.98. The van der Waals surface area contributed by atoms with Gasteiger partial charge in [0.25, 0.3) is 0 Å². The first-order chi connectivity index (χ1) is 16.5. The molecule has 34 heavy (non-hydrogen) atoms. The zero-order chi connectivity index (χ0) is 24.1. The van der Waals surface area contributed by atoms with E-state index in [-0.39, 0.29) is 23.5 Å². The zero-order valence-corrected chi connectivity index (χ0v) is 21.0. The van der Waals surface area contributed by atoms with Gasteiger partial charge in [0.1, 0.15) is 11.9 Å². The molecule has 9 heteroatoms. The minimum atomic E-state index is -0.137. The van der Waals surface area contributed by atoms with Crippen LogP contribution in [0.2, 0.25) is 5.28 Å². The molecule has 0 spiro atoms. The van der Waals surface area contributed by atoms with Crippen molar-refractivity contribution in [3.63, 3.8) is 0 Å².